The summed E-state index contributed by atoms with van der Waals surface area (Å²) in [5, 5.41) is 15.1. The first kappa shape index (κ1) is 15.9. The Hall–Kier alpha value is -3.02. The number of carbonyl (C=O) groups excluding carboxylic acids is 1. The lowest BCUT2D eigenvalue weighted by atomic mass is 10.1. The molecule has 1 heterocycles. The van der Waals surface area contributed by atoms with Crippen molar-refractivity contribution in [3.8, 4) is 11.4 Å². The van der Waals surface area contributed by atoms with E-state index in [4.69, 9.17) is 0 Å². The van der Waals surface area contributed by atoms with Gasteiger partial charge in [-0.3, -0.25) is 4.79 Å². The largest absolute Gasteiger partial charge is 0.324 e. The summed E-state index contributed by atoms with van der Waals surface area (Å²) in [7, 11) is 0. The molecule has 1 aromatic heterocycles. The first-order chi connectivity index (χ1) is 11.5. The summed E-state index contributed by atoms with van der Waals surface area (Å²) in [5.41, 5.74) is 4.96. The Kier molecular flexibility index (Phi) is 4.37. The molecule has 24 heavy (non-hydrogen) atoms. The number of nitrogens with one attached hydrogen (secondary N) is 1. The van der Waals surface area contributed by atoms with E-state index in [0.29, 0.717) is 5.82 Å². The third kappa shape index (κ3) is 3.65. The maximum absolute atomic E-state index is 12.2. The smallest absolute Gasteiger partial charge is 0.248 e. The van der Waals surface area contributed by atoms with Crippen molar-refractivity contribution in [2.75, 3.05) is 5.32 Å². The van der Waals surface area contributed by atoms with Gasteiger partial charge in [0.2, 0.25) is 11.7 Å². The van der Waals surface area contributed by atoms with Crippen LogP contribution in [0.2, 0.25) is 0 Å². The second-order valence-corrected chi connectivity index (χ2v) is 5.88. The fourth-order valence-corrected chi connectivity index (χ4v) is 2.32. The molecule has 0 aliphatic heterocycles. The average molecular weight is 321 g/mol. The van der Waals surface area contributed by atoms with Crippen molar-refractivity contribution >= 4 is 11.6 Å². The SMILES string of the molecule is Cc1ccc(-c2nnn(CC(=O)Nc3cc(C)ccc3C)n2)cc1. The Balaban J connectivity index is 1.69. The Labute approximate surface area is 140 Å². The Bertz CT molecular complexity index is 867. The molecule has 0 saturated heterocycles. The van der Waals surface area contributed by atoms with Crippen LogP contribution in [0, 0.1) is 20.8 Å². The summed E-state index contributed by atoms with van der Waals surface area (Å²) in [6, 6.07) is 13.8. The number of carbonyl (C=O) groups is 1. The maximum Gasteiger partial charge on any atom is 0.248 e. The topological polar surface area (TPSA) is 72.7 Å². The van der Waals surface area contributed by atoms with Crippen LogP contribution in [-0.2, 0) is 11.3 Å². The summed E-state index contributed by atoms with van der Waals surface area (Å²) in [5.74, 6) is 0.325. The molecule has 0 aliphatic rings. The van der Waals surface area contributed by atoms with Crippen LogP contribution in [0.4, 0.5) is 5.69 Å². The van der Waals surface area contributed by atoms with Crippen molar-refractivity contribution in [2.24, 2.45) is 0 Å². The number of aryl methyl sites for hydroxylation is 3. The third-order valence-electron chi connectivity index (χ3n) is 3.71. The molecule has 3 rings (SSSR count). The minimum absolute atomic E-state index is 0.0201. The van der Waals surface area contributed by atoms with Crippen molar-refractivity contribution < 1.29 is 4.79 Å². The monoisotopic (exact) mass is 321 g/mol. The lowest BCUT2D eigenvalue weighted by Gasteiger charge is -2.08. The normalized spacial score (nSPS) is 10.6. The standard InChI is InChI=1S/C18H19N5O/c1-12-5-8-15(9-6-12)18-20-22-23(21-18)11-17(24)19-16-10-13(2)4-7-14(16)3/h4-10H,11H2,1-3H3,(H,19,24). The number of rotatable bonds is 4. The molecule has 6 heteroatoms. The highest BCUT2D eigenvalue weighted by molar-refractivity contribution is 5.91. The van der Waals surface area contributed by atoms with E-state index in [0.717, 1.165) is 22.4 Å². The number of tetrazole rings is 1. The molecular weight excluding hydrogens is 302 g/mol. The van der Waals surface area contributed by atoms with Crippen LogP contribution in [0.25, 0.3) is 11.4 Å². The molecule has 0 atom stereocenters. The van der Waals surface area contributed by atoms with E-state index in [-0.39, 0.29) is 12.5 Å². The van der Waals surface area contributed by atoms with Crippen molar-refractivity contribution in [1.29, 1.82) is 0 Å². The van der Waals surface area contributed by atoms with Crippen LogP contribution in [0.3, 0.4) is 0 Å². The van der Waals surface area contributed by atoms with Gasteiger partial charge in [-0.2, -0.15) is 4.80 Å². The summed E-state index contributed by atoms with van der Waals surface area (Å²) in [6.45, 7) is 5.98. The fourth-order valence-electron chi connectivity index (χ4n) is 2.32. The van der Waals surface area contributed by atoms with Crippen LogP contribution in [0.5, 0.6) is 0 Å². The van der Waals surface area contributed by atoms with Gasteiger partial charge in [0.05, 0.1) is 0 Å². The van der Waals surface area contributed by atoms with Crippen LogP contribution >= 0.6 is 0 Å². The number of hydrogen-bond donors (Lipinski definition) is 1. The first-order valence-corrected chi connectivity index (χ1v) is 7.73. The van der Waals surface area contributed by atoms with Gasteiger partial charge < -0.3 is 5.32 Å². The summed E-state index contributed by atoms with van der Waals surface area (Å²) in [4.78, 5) is 13.5. The van der Waals surface area contributed by atoms with E-state index in [1.165, 1.54) is 10.4 Å². The molecule has 0 saturated carbocycles. The number of amides is 1. The second-order valence-electron chi connectivity index (χ2n) is 5.88. The lowest BCUT2D eigenvalue weighted by molar-refractivity contribution is -0.117. The molecule has 0 spiro atoms. The van der Waals surface area contributed by atoms with Gasteiger partial charge in [-0.25, -0.2) is 0 Å². The summed E-state index contributed by atoms with van der Waals surface area (Å²) >= 11 is 0. The minimum Gasteiger partial charge on any atom is -0.324 e. The second kappa shape index (κ2) is 6.62. The molecule has 3 aromatic rings. The molecule has 1 amide bonds. The van der Waals surface area contributed by atoms with Gasteiger partial charge in [0.25, 0.3) is 0 Å². The maximum atomic E-state index is 12.2. The molecular formula is C18H19N5O. The molecule has 0 aliphatic carbocycles. The molecule has 0 bridgehead atoms. The number of aromatic nitrogens is 4. The highest BCUT2D eigenvalue weighted by atomic mass is 16.2. The fraction of sp³-hybridized carbons (Fsp3) is 0.222. The molecule has 6 nitrogen and oxygen atoms in total. The lowest BCUT2D eigenvalue weighted by Crippen LogP contribution is -2.21. The number of anilines is 1. The quantitative estimate of drug-likeness (QED) is 0.802. The Morgan fingerprint density at radius 3 is 2.50 bits per heavy atom. The van der Waals surface area contributed by atoms with E-state index in [1.54, 1.807) is 0 Å². The van der Waals surface area contributed by atoms with E-state index in [1.807, 2.05) is 63.2 Å². The van der Waals surface area contributed by atoms with Gasteiger partial charge in [0.1, 0.15) is 6.54 Å². The first-order valence-electron chi connectivity index (χ1n) is 7.73. The molecule has 0 fully saturated rings. The van der Waals surface area contributed by atoms with Crippen molar-refractivity contribution in [3.05, 3.63) is 59.2 Å². The van der Waals surface area contributed by atoms with E-state index >= 15 is 0 Å². The average Bonchev–Trinajstić information content (AvgIpc) is 3.00. The van der Waals surface area contributed by atoms with Gasteiger partial charge in [0, 0.05) is 11.3 Å². The molecule has 0 unspecified atom stereocenters. The molecule has 122 valence electrons. The number of benzene rings is 2. The van der Waals surface area contributed by atoms with Gasteiger partial charge in [0.15, 0.2) is 0 Å². The minimum atomic E-state index is -0.184. The van der Waals surface area contributed by atoms with Crippen LogP contribution in [-0.4, -0.2) is 26.1 Å². The van der Waals surface area contributed by atoms with Gasteiger partial charge in [-0.05, 0) is 43.2 Å². The van der Waals surface area contributed by atoms with Crippen molar-refractivity contribution in [2.45, 2.75) is 27.3 Å². The van der Waals surface area contributed by atoms with Gasteiger partial charge >= 0.3 is 0 Å². The predicted octanol–water partition coefficient (Wildman–Crippen LogP) is 2.90. The molecule has 2 aromatic carbocycles. The summed E-state index contributed by atoms with van der Waals surface area (Å²) in [6.07, 6.45) is 0. The number of nitrogens with zero attached hydrogens (tertiary/aromatic N) is 4. The molecule has 0 radical (unpaired) electrons. The molecule has 1 N–H and O–H groups in total. The Morgan fingerprint density at radius 2 is 1.75 bits per heavy atom. The zero-order valence-electron chi connectivity index (χ0n) is 13.9. The Morgan fingerprint density at radius 1 is 1.04 bits per heavy atom. The van der Waals surface area contributed by atoms with Crippen molar-refractivity contribution in [3.63, 3.8) is 0 Å². The van der Waals surface area contributed by atoms with Crippen LogP contribution in [0.15, 0.2) is 42.5 Å². The van der Waals surface area contributed by atoms with Crippen molar-refractivity contribution in [1.82, 2.24) is 20.2 Å². The van der Waals surface area contributed by atoms with Gasteiger partial charge in [-0.1, -0.05) is 42.0 Å². The zero-order chi connectivity index (χ0) is 17.1. The predicted molar refractivity (Wildman–Crippen MR) is 92.5 cm³/mol. The summed E-state index contributed by atoms with van der Waals surface area (Å²) < 4.78 is 0. The van der Waals surface area contributed by atoms with E-state index < -0.39 is 0 Å². The van der Waals surface area contributed by atoms with E-state index in [9.17, 15) is 4.79 Å². The van der Waals surface area contributed by atoms with E-state index in [2.05, 4.69) is 20.7 Å². The van der Waals surface area contributed by atoms with Crippen LogP contribution < -0.4 is 5.32 Å². The highest BCUT2D eigenvalue weighted by Crippen LogP contribution is 2.16. The zero-order valence-corrected chi connectivity index (χ0v) is 13.9. The van der Waals surface area contributed by atoms with Crippen LogP contribution in [0.1, 0.15) is 16.7 Å². The number of hydrogen-bond acceptors (Lipinski definition) is 4. The third-order valence-corrected chi connectivity index (χ3v) is 3.71. The van der Waals surface area contributed by atoms with Gasteiger partial charge in [-0.15, -0.1) is 10.2 Å². The highest BCUT2D eigenvalue weighted by Gasteiger charge is 2.10.